The van der Waals surface area contributed by atoms with E-state index in [1.165, 1.54) is 29.2 Å². The first-order valence-electron chi connectivity index (χ1n) is 6.60. The Hall–Kier alpha value is -2.75. The molecule has 0 spiro atoms. The van der Waals surface area contributed by atoms with Gasteiger partial charge in [0.15, 0.2) is 6.10 Å². The third-order valence-corrected chi connectivity index (χ3v) is 3.21. The summed E-state index contributed by atoms with van der Waals surface area (Å²) in [6.07, 6.45) is -3.66. The summed E-state index contributed by atoms with van der Waals surface area (Å²) < 4.78 is 57.7. The number of aryl methyl sites for hydroxylation is 1. The standard InChI is InChI=1S/C14H9F4N4O2/c1-22-5-9(19-6-22)11(23)7-3-2-4-8(10(7)15)12-20-13(24-21-12)14(16,17)18/h2-6,11H,1H3. The fourth-order valence-electron chi connectivity index (χ4n) is 2.10. The molecule has 0 aliphatic carbocycles. The number of halogens is 4. The first-order chi connectivity index (χ1) is 11.3. The molecule has 1 radical (unpaired) electrons. The molecule has 24 heavy (non-hydrogen) atoms. The molecule has 0 bridgehead atoms. The zero-order chi connectivity index (χ0) is 17.5. The minimum Gasteiger partial charge on any atom is -0.340 e. The van der Waals surface area contributed by atoms with Crippen LogP contribution in [0.1, 0.15) is 23.3 Å². The van der Waals surface area contributed by atoms with Crippen molar-refractivity contribution in [3.63, 3.8) is 0 Å². The van der Waals surface area contributed by atoms with Gasteiger partial charge in [0.05, 0.1) is 17.6 Å². The van der Waals surface area contributed by atoms with E-state index in [2.05, 4.69) is 19.6 Å². The van der Waals surface area contributed by atoms with Gasteiger partial charge in [0.1, 0.15) is 5.82 Å². The molecule has 0 amide bonds. The lowest BCUT2D eigenvalue weighted by atomic mass is 10.0. The zero-order valence-electron chi connectivity index (χ0n) is 12.1. The fourth-order valence-corrected chi connectivity index (χ4v) is 2.10. The lowest BCUT2D eigenvalue weighted by Crippen LogP contribution is -2.05. The largest absolute Gasteiger partial charge is 0.471 e. The second kappa shape index (κ2) is 5.71. The van der Waals surface area contributed by atoms with Crippen LogP contribution in [0.3, 0.4) is 0 Å². The first kappa shape index (κ1) is 16.1. The van der Waals surface area contributed by atoms with Gasteiger partial charge in [-0.25, -0.2) is 14.5 Å². The Kier molecular flexibility index (Phi) is 3.84. The summed E-state index contributed by atoms with van der Waals surface area (Å²) in [6.45, 7) is 0. The van der Waals surface area contributed by atoms with Crippen LogP contribution in [0.15, 0.2) is 35.2 Å². The molecule has 125 valence electrons. The van der Waals surface area contributed by atoms with Crippen molar-refractivity contribution in [1.82, 2.24) is 19.7 Å². The molecule has 0 N–H and O–H groups in total. The first-order valence-corrected chi connectivity index (χ1v) is 6.60. The topological polar surface area (TPSA) is 76.6 Å². The molecule has 2 aromatic heterocycles. The molecule has 6 nitrogen and oxygen atoms in total. The number of imidazole rings is 1. The molecular formula is C14H9F4N4O2. The summed E-state index contributed by atoms with van der Waals surface area (Å²) in [5.41, 5.74) is -0.550. The van der Waals surface area contributed by atoms with Crippen LogP contribution in [-0.4, -0.2) is 19.7 Å². The van der Waals surface area contributed by atoms with Gasteiger partial charge in [-0.2, -0.15) is 18.2 Å². The molecule has 0 saturated heterocycles. The Morgan fingerprint density at radius 1 is 1.29 bits per heavy atom. The predicted octanol–water partition coefficient (Wildman–Crippen LogP) is 3.15. The molecule has 3 aromatic rings. The number of aromatic nitrogens is 4. The summed E-state index contributed by atoms with van der Waals surface area (Å²) in [5.74, 6) is -3.20. The molecule has 0 aliphatic heterocycles. The summed E-state index contributed by atoms with van der Waals surface area (Å²) in [7, 11) is 1.65. The fraction of sp³-hybridized carbons (Fsp3) is 0.214. The lowest BCUT2D eigenvalue weighted by Gasteiger charge is -2.09. The van der Waals surface area contributed by atoms with Crippen molar-refractivity contribution in [2.45, 2.75) is 12.3 Å². The number of hydrogen-bond donors (Lipinski definition) is 0. The van der Waals surface area contributed by atoms with E-state index in [1.807, 2.05) is 0 Å². The summed E-state index contributed by atoms with van der Waals surface area (Å²) in [6, 6.07) is 3.72. The van der Waals surface area contributed by atoms with Crippen molar-refractivity contribution in [3.05, 3.63) is 53.7 Å². The molecule has 0 saturated carbocycles. The van der Waals surface area contributed by atoms with E-state index in [-0.39, 0.29) is 16.8 Å². The highest BCUT2D eigenvalue weighted by Crippen LogP contribution is 2.32. The Labute approximate surface area is 132 Å². The van der Waals surface area contributed by atoms with E-state index in [0.717, 1.165) is 6.07 Å². The van der Waals surface area contributed by atoms with E-state index in [9.17, 15) is 22.7 Å². The van der Waals surface area contributed by atoms with Crippen LogP contribution in [0, 0.1) is 5.82 Å². The third kappa shape index (κ3) is 2.87. The van der Waals surface area contributed by atoms with Crippen LogP contribution < -0.4 is 0 Å². The summed E-state index contributed by atoms with van der Waals surface area (Å²) in [5, 5.41) is 15.5. The number of benzene rings is 1. The van der Waals surface area contributed by atoms with Gasteiger partial charge in [0.2, 0.25) is 5.82 Å². The van der Waals surface area contributed by atoms with Crippen LogP contribution in [0.4, 0.5) is 17.6 Å². The molecule has 10 heteroatoms. The molecule has 1 aromatic carbocycles. The minimum atomic E-state index is -4.84. The van der Waals surface area contributed by atoms with Gasteiger partial charge in [-0.1, -0.05) is 17.3 Å². The van der Waals surface area contributed by atoms with Gasteiger partial charge in [-0.15, -0.1) is 0 Å². The molecule has 0 fully saturated rings. The monoisotopic (exact) mass is 341 g/mol. The summed E-state index contributed by atoms with van der Waals surface area (Å²) >= 11 is 0. The zero-order valence-corrected chi connectivity index (χ0v) is 12.1. The van der Waals surface area contributed by atoms with E-state index in [0.29, 0.717) is 0 Å². The highest BCUT2D eigenvalue weighted by atomic mass is 19.4. The van der Waals surface area contributed by atoms with Crippen molar-refractivity contribution >= 4 is 0 Å². The smallest absolute Gasteiger partial charge is 0.340 e. The Morgan fingerprint density at radius 2 is 2.04 bits per heavy atom. The van der Waals surface area contributed by atoms with Crippen molar-refractivity contribution in [3.8, 4) is 11.4 Å². The quantitative estimate of drug-likeness (QED) is 0.686. The van der Waals surface area contributed by atoms with E-state index < -0.39 is 29.8 Å². The highest BCUT2D eigenvalue weighted by Gasteiger charge is 2.39. The van der Waals surface area contributed by atoms with Crippen molar-refractivity contribution in [2.75, 3.05) is 0 Å². The predicted molar refractivity (Wildman–Crippen MR) is 70.4 cm³/mol. The Bertz CT molecular complexity index is 872. The normalized spacial score (nSPS) is 13.2. The Balaban J connectivity index is 2.01. The molecule has 0 aliphatic rings. The number of alkyl halides is 3. The van der Waals surface area contributed by atoms with E-state index in [4.69, 9.17) is 0 Å². The average Bonchev–Trinajstić information content (AvgIpc) is 3.15. The molecule has 2 heterocycles. The van der Waals surface area contributed by atoms with E-state index in [1.54, 1.807) is 7.05 Å². The number of hydrogen-bond acceptors (Lipinski definition) is 4. The van der Waals surface area contributed by atoms with Gasteiger partial charge < -0.3 is 9.09 Å². The number of nitrogens with zero attached hydrogens (tertiary/aromatic N) is 4. The third-order valence-electron chi connectivity index (χ3n) is 3.21. The van der Waals surface area contributed by atoms with Crippen LogP contribution >= 0.6 is 0 Å². The van der Waals surface area contributed by atoms with Crippen LogP contribution in [-0.2, 0) is 18.3 Å². The van der Waals surface area contributed by atoms with Crippen LogP contribution in [0.5, 0.6) is 0 Å². The maximum atomic E-state index is 14.6. The van der Waals surface area contributed by atoms with Crippen molar-refractivity contribution in [2.24, 2.45) is 7.05 Å². The highest BCUT2D eigenvalue weighted by molar-refractivity contribution is 5.57. The number of rotatable bonds is 3. The van der Waals surface area contributed by atoms with Gasteiger partial charge in [-0.3, -0.25) is 0 Å². The SMILES string of the molecule is Cn1cnc(C([O])c2cccc(-c3noc(C(F)(F)F)n3)c2F)c1. The molecule has 1 unspecified atom stereocenters. The van der Waals surface area contributed by atoms with E-state index >= 15 is 0 Å². The Morgan fingerprint density at radius 3 is 2.62 bits per heavy atom. The summed E-state index contributed by atoms with van der Waals surface area (Å²) in [4.78, 5) is 6.98. The van der Waals surface area contributed by atoms with Crippen molar-refractivity contribution < 1.29 is 27.2 Å². The maximum Gasteiger partial charge on any atom is 0.471 e. The molecular weight excluding hydrogens is 332 g/mol. The second-order valence-corrected chi connectivity index (χ2v) is 4.97. The second-order valence-electron chi connectivity index (χ2n) is 4.97. The molecule has 3 rings (SSSR count). The van der Waals surface area contributed by atoms with Crippen LogP contribution in [0.25, 0.3) is 11.4 Å². The van der Waals surface area contributed by atoms with Gasteiger partial charge in [0, 0.05) is 18.8 Å². The maximum absolute atomic E-state index is 14.6. The van der Waals surface area contributed by atoms with Gasteiger partial charge in [0.25, 0.3) is 0 Å². The minimum absolute atomic E-state index is 0.0812. The molecule has 1 atom stereocenters. The van der Waals surface area contributed by atoms with Gasteiger partial charge >= 0.3 is 12.1 Å². The van der Waals surface area contributed by atoms with Crippen molar-refractivity contribution in [1.29, 1.82) is 0 Å². The van der Waals surface area contributed by atoms with Gasteiger partial charge in [-0.05, 0) is 6.07 Å². The van der Waals surface area contributed by atoms with Crippen LogP contribution in [0.2, 0.25) is 0 Å². The average molecular weight is 341 g/mol. The lowest BCUT2D eigenvalue weighted by molar-refractivity contribution is -0.159.